The Hall–Kier alpha value is -2.63. The van der Waals surface area contributed by atoms with Crippen LogP contribution in [-0.2, 0) is 0 Å². The molecule has 180 valence electrons. The SMILES string of the molecule is Cc1cc2nccn2cc1-c1[nH]c2ccc(C3CCN(CCCN(C)C)CC3)cc2c1C(C)C. The lowest BCUT2D eigenvalue weighted by Crippen LogP contribution is -2.34. The number of imidazole rings is 1. The normalized spacial score (nSPS) is 16.0. The van der Waals surface area contributed by atoms with Crippen LogP contribution >= 0.6 is 0 Å². The van der Waals surface area contributed by atoms with Gasteiger partial charge in [-0.05, 0) is 113 Å². The molecule has 1 saturated heterocycles. The number of nitrogens with one attached hydrogen (secondary N) is 1. The quantitative estimate of drug-likeness (QED) is 0.367. The number of aryl methyl sites for hydroxylation is 1. The molecule has 1 fully saturated rings. The largest absolute Gasteiger partial charge is 0.354 e. The number of benzene rings is 1. The van der Waals surface area contributed by atoms with Crippen LogP contribution in [0.2, 0.25) is 0 Å². The van der Waals surface area contributed by atoms with E-state index in [1.165, 1.54) is 84.3 Å². The molecule has 34 heavy (non-hydrogen) atoms. The van der Waals surface area contributed by atoms with Gasteiger partial charge < -0.3 is 19.2 Å². The highest BCUT2D eigenvalue weighted by Gasteiger charge is 2.23. The molecule has 1 aliphatic rings. The number of nitrogens with zero attached hydrogens (tertiary/aromatic N) is 4. The van der Waals surface area contributed by atoms with Gasteiger partial charge in [-0.15, -0.1) is 0 Å². The van der Waals surface area contributed by atoms with Gasteiger partial charge in [-0.3, -0.25) is 0 Å². The lowest BCUT2D eigenvalue weighted by atomic mass is 9.87. The van der Waals surface area contributed by atoms with Crippen LogP contribution in [0.15, 0.2) is 42.9 Å². The van der Waals surface area contributed by atoms with E-state index in [4.69, 9.17) is 0 Å². The van der Waals surface area contributed by atoms with Crippen molar-refractivity contribution in [2.75, 3.05) is 40.3 Å². The maximum absolute atomic E-state index is 4.45. The lowest BCUT2D eigenvalue weighted by Gasteiger charge is -2.32. The van der Waals surface area contributed by atoms with Gasteiger partial charge in [0, 0.05) is 35.1 Å². The molecule has 0 amide bonds. The van der Waals surface area contributed by atoms with Crippen LogP contribution in [0, 0.1) is 6.92 Å². The van der Waals surface area contributed by atoms with Crippen LogP contribution in [0.3, 0.4) is 0 Å². The highest BCUT2D eigenvalue weighted by molar-refractivity contribution is 5.92. The van der Waals surface area contributed by atoms with E-state index in [1.807, 2.05) is 12.4 Å². The molecule has 1 N–H and O–H groups in total. The third kappa shape index (κ3) is 4.51. The van der Waals surface area contributed by atoms with Crippen molar-refractivity contribution in [2.45, 2.75) is 51.9 Å². The van der Waals surface area contributed by atoms with E-state index in [0.29, 0.717) is 11.8 Å². The predicted octanol–water partition coefficient (Wildman–Crippen LogP) is 6.05. The molecule has 5 rings (SSSR count). The average Bonchev–Trinajstić information content (AvgIpc) is 3.42. The standard InChI is InChI=1S/C29H39N5/c1-20(2)28-24-18-23(22-9-14-33(15-10-22)13-6-12-32(4)5)7-8-26(24)31-29(28)25-19-34-16-11-30-27(34)17-21(25)3/h7-8,11,16-20,22,31H,6,9-10,12-15H2,1-5H3. The van der Waals surface area contributed by atoms with Crippen molar-refractivity contribution in [3.63, 3.8) is 0 Å². The minimum absolute atomic E-state index is 0.440. The number of likely N-dealkylation sites (tertiary alicyclic amines) is 1. The monoisotopic (exact) mass is 457 g/mol. The summed E-state index contributed by atoms with van der Waals surface area (Å²) in [5, 5.41) is 1.39. The molecule has 1 aliphatic heterocycles. The molecule has 5 heteroatoms. The van der Waals surface area contributed by atoms with Crippen LogP contribution in [-0.4, -0.2) is 64.4 Å². The highest BCUT2D eigenvalue weighted by atomic mass is 15.1. The first kappa shape index (κ1) is 23.1. The first-order valence-corrected chi connectivity index (χ1v) is 12.9. The second-order valence-electron chi connectivity index (χ2n) is 10.7. The fourth-order valence-electron chi connectivity index (χ4n) is 5.72. The minimum atomic E-state index is 0.440. The zero-order valence-corrected chi connectivity index (χ0v) is 21.4. The second kappa shape index (κ2) is 9.55. The zero-order chi connectivity index (χ0) is 23.8. The molecule has 0 unspecified atom stereocenters. The Morgan fingerprint density at radius 1 is 1.15 bits per heavy atom. The van der Waals surface area contributed by atoms with Gasteiger partial charge in [0.2, 0.25) is 0 Å². The van der Waals surface area contributed by atoms with Crippen molar-refractivity contribution < 1.29 is 0 Å². The second-order valence-corrected chi connectivity index (χ2v) is 10.7. The number of aromatic nitrogens is 3. The molecule has 4 heterocycles. The molecular weight excluding hydrogens is 418 g/mol. The van der Waals surface area contributed by atoms with Gasteiger partial charge in [0.1, 0.15) is 5.65 Å². The summed E-state index contributed by atoms with van der Waals surface area (Å²) in [5.74, 6) is 1.10. The minimum Gasteiger partial charge on any atom is -0.354 e. The van der Waals surface area contributed by atoms with Gasteiger partial charge in [0.25, 0.3) is 0 Å². The number of fused-ring (bicyclic) bond motifs is 2. The van der Waals surface area contributed by atoms with Crippen LogP contribution in [0.25, 0.3) is 27.8 Å². The fourth-order valence-corrected chi connectivity index (χ4v) is 5.72. The maximum Gasteiger partial charge on any atom is 0.136 e. The van der Waals surface area contributed by atoms with E-state index in [2.05, 4.69) is 89.5 Å². The van der Waals surface area contributed by atoms with Crippen molar-refractivity contribution in [1.82, 2.24) is 24.2 Å². The zero-order valence-electron chi connectivity index (χ0n) is 21.4. The van der Waals surface area contributed by atoms with Crippen LogP contribution in [0.5, 0.6) is 0 Å². The molecule has 4 aromatic rings. The summed E-state index contributed by atoms with van der Waals surface area (Å²) >= 11 is 0. The summed E-state index contributed by atoms with van der Waals surface area (Å²) in [6.07, 6.45) is 9.91. The summed E-state index contributed by atoms with van der Waals surface area (Å²) in [4.78, 5) is 13.2. The van der Waals surface area contributed by atoms with E-state index in [1.54, 1.807) is 0 Å². The molecule has 0 aliphatic carbocycles. The van der Waals surface area contributed by atoms with Gasteiger partial charge in [0.15, 0.2) is 0 Å². The Morgan fingerprint density at radius 3 is 2.68 bits per heavy atom. The van der Waals surface area contributed by atoms with Gasteiger partial charge in [0.05, 0.1) is 5.69 Å². The summed E-state index contributed by atoms with van der Waals surface area (Å²) in [5.41, 5.74) is 8.96. The molecule has 3 aromatic heterocycles. The van der Waals surface area contributed by atoms with E-state index < -0.39 is 0 Å². The first-order valence-electron chi connectivity index (χ1n) is 12.9. The van der Waals surface area contributed by atoms with Gasteiger partial charge in [-0.2, -0.15) is 0 Å². The molecule has 5 nitrogen and oxygen atoms in total. The average molecular weight is 458 g/mol. The van der Waals surface area contributed by atoms with E-state index in [0.717, 1.165) is 5.65 Å². The number of piperidine rings is 1. The van der Waals surface area contributed by atoms with Crippen molar-refractivity contribution in [1.29, 1.82) is 0 Å². The summed E-state index contributed by atoms with van der Waals surface area (Å²) < 4.78 is 2.12. The van der Waals surface area contributed by atoms with Crippen molar-refractivity contribution in [3.8, 4) is 11.3 Å². The predicted molar refractivity (Wildman–Crippen MR) is 143 cm³/mol. The number of pyridine rings is 1. The van der Waals surface area contributed by atoms with Crippen LogP contribution < -0.4 is 0 Å². The first-order chi connectivity index (χ1) is 16.4. The van der Waals surface area contributed by atoms with E-state index >= 15 is 0 Å². The molecule has 0 atom stereocenters. The summed E-state index contributed by atoms with van der Waals surface area (Å²) in [6.45, 7) is 11.7. The Bertz CT molecular complexity index is 1270. The lowest BCUT2D eigenvalue weighted by molar-refractivity contribution is 0.203. The molecule has 1 aromatic carbocycles. The number of hydrogen-bond acceptors (Lipinski definition) is 3. The molecule has 0 radical (unpaired) electrons. The number of H-pyrrole nitrogens is 1. The van der Waals surface area contributed by atoms with E-state index in [-0.39, 0.29) is 0 Å². The summed E-state index contributed by atoms with van der Waals surface area (Å²) in [6, 6.07) is 9.35. The maximum atomic E-state index is 4.45. The van der Waals surface area contributed by atoms with Crippen LogP contribution in [0.1, 0.15) is 61.6 Å². The Morgan fingerprint density at radius 2 is 1.94 bits per heavy atom. The molecule has 0 bridgehead atoms. The fraction of sp³-hybridized carbons (Fsp3) is 0.483. The Kier molecular flexibility index (Phi) is 6.50. The Balaban J connectivity index is 1.42. The number of rotatable bonds is 7. The van der Waals surface area contributed by atoms with Gasteiger partial charge in [-0.25, -0.2) is 4.98 Å². The third-order valence-electron chi connectivity index (χ3n) is 7.59. The Labute approximate surface area is 203 Å². The molecule has 0 saturated carbocycles. The van der Waals surface area contributed by atoms with Crippen molar-refractivity contribution in [2.24, 2.45) is 0 Å². The van der Waals surface area contributed by atoms with Gasteiger partial charge in [-0.1, -0.05) is 19.9 Å². The number of aromatic amines is 1. The topological polar surface area (TPSA) is 39.6 Å². The molecule has 0 spiro atoms. The smallest absolute Gasteiger partial charge is 0.136 e. The van der Waals surface area contributed by atoms with Crippen molar-refractivity contribution in [3.05, 3.63) is 59.5 Å². The molecular formula is C29H39N5. The third-order valence-corrected chi connectivity index (χ3v) is 7.59. The van der Waals surface area contributed by atoms with Crippen molar-refractivity contribution >= 4 is 16.6 Å². The highest BCUT2D eigenvalue weighted by Crippen LogP contribution is 2.39. The number of hydrogen-bond donors (Lipinski definition) is 1. The van der Waals surface area contributed by atoms with E-state index in [9.17, 15) is 0 Å². The van der Waals surface area contributed by atoms with Gasteiger partial charge >= 0.3 is 0 Å². The van der Waals surface area contributed by atoms with Crippen LogP contribution in [0.4, 0.5) is 0 Å². The summed E-state index contributed by atoms with van der Waals surface area (Å²) in [7, 11) is 4.33.